The van der Waals surface area contributed by atoms with E-state index in [1.807, 2.05) is 37.3 Å². The van der Waals surface area contributed by atoms with Gasteiger partial charge in [0.25, 0.3) is 5.91 Å². The Labute approximate surface area is 117 Å². The van der Waals surface area contributed by atoms with Gasteiger partial charge in [0.15, 0.2) is 0 Å². The van der Waals surface area contributed by atoms with Gasteiger partial charge in [0, 0.05) is 12.2 Å². The summed E-state index contributed by atoms with van der Waals surface area (Å²) in [5, 5.41) is 3.31. The molecule has 0 aliphatic rings. The molecule has 0 radical (unpaired) electrons. The highest BCUT2D eigenvalue weighted by Crippen LogP contribution is 2.20. The second-order valence-corrected chi connectivity index (χ2v) is 4.70. The van der Waals surface area contributed by atoms with Gasteiger partial charge in [0.2, 0.25) is 0 Å². The molecule has 2 aromatic rings. The number of anilines is 1. The zero-order chi connectivity index (χ0) is 13.8. The van der Waals surface area contributed by atoms with E-state index in [0.29, 0.717) is 22.8 Å². The van der Waals surface area contributed by atoms with Gasteiger partial charge in [0.1, 0.15) is 0 Å². The van der Waals surface area contributed by atoms with E-state index in [1.54, 1.807) is 12.1 Å². The maximum absolute atomic E-state index is 12.1. The molecule has 0 saturated carbocycles. The highest BCUT2D eigenvalue weighted by atomic mass is 35.5. The first-order chi connectivity index (χ1) is 9.09. The third-order valence-electron chi connectivity index (χ3n) is 2.93. The van der Waals surface area contributed by atoms with Crippen molar-refractivity contribution < 1.29 is 4.79 Å². The fourth-order valence-electron chi connectivity index (χ4n) is 1.79. The van der Waals surface area contributed by atoms with Crippen molar-refractivity contribution in [2.45, 2.75) is 13.5 Å². The van der Waals surface area contributed by atoms with E-state index in [-0.39, 0.29) is 5.91 Å². The first-order valence-electron chi connectivity index (χ1n) is 5.96. The van der Waals surface area contributed by atoms with Gasteiger partial charge >= 0.3 is 0 Å². The van der Waals surface area contributed by atoms with Crippen LogP contribution in [0, 0.1) is 6.92 Å². The van der Waals surface area contributed by atoms with Crippen LogP contribution in [0.15, 0.2) is 42.5 Å². The Kier molecular flexibility index (Phi) is 4.07. The van der Waals surface area contributed by atoms with Crippen LogP contribution in [0.3, 0.4) is 0 Å². The van der Waals surface area contributed by atoms with E-state index >= 15 is 0 Å². The number of hydrogen-bond donors (Lipinski definition) is 2. The molecule has 0 unspecified atom stereocenters. The van der Waals surface area contributed by atoms with Crippen LogP contribution < -0.4 is 11.1 Å². The van der Waals surface area contributed by atoms with Gasteiger partial charge in [-0.3, -0.25) is 4.79 Å². The van der Waals surface area contributed by atoms with Gasteiger partial charge in [-0.1, -0.05) is 41.9 Å². The van der Waals surface area contributed by atoms with E-state index in [1.165, 1.54) is 0 Å². The highest BCUT2D eigenvalue weighted by Gasteiger charge is 2.11. The molecular formula is C15H15ClN2O. The molecule has 0 aromatic heterocycles. The molecule has 3 N–H and O–H groups in total. The Morgan fingerprint density at radius 3 is 2.68 bits per heavy atom. The molecule has 0 saturated heterocycles. The summed E-state index contributed by atoms with van der Waals surface area (Å²) < 4.78 is 0. The highest BCUT2D eigenvalue weighted by molar-refractivity contribution is 6.34. The van der Waals surface area contributed by atoms with Gasteiger partial charge in [-0.15, -0.1) is 0 Å². The summed E-state index contributed by atoms with van der Waals surface area (Å²) in [6.45, 7) is 2.25. The van der Waals surface area contributed by atoms with E-state index in [2.05, 4.69) is 5.32 Å². The van der Waals surface area contributed by atoms with Crippen LogP contribution in [-0.4, -0.2) is 5.91 Å². The SMILES string of the molecule is Cc1cccc(C(=O)NCc2ccccc2N)c1Cl. The van der Waals surface area contributed by atoms with Gasteiger partial charge in [0.05, 0.1) is 10.6 Å². The second kappa shape index (κ2) is 5.76. The predicted octanol–water partition coefficient (Wildman–Crippen LogP) is 3.16. The number of benzene rings is 2. The smallest absolute Gasteiger partial charge is 0.253 e. The number of hydrogen-bond acceptors (Lipinski definition) is 2. The monoisotopic (exact) mass is 274 g/mol. The van der Waals surface area contributed by atoms with E-state index in [0.717, 1.165) is 11.1 Å². The summed E-state index contributed by atoms with van der Waals surface area (Å²) in [6, 6.07) is 12.8. The molecule has 0 aliphatic heterocycles. The Balaban J connectivity index is 2.10. The van der Waals surface area contributed by atoms with E-state index in [4.69, 9.17) is 17.3 Å². The van der Waals surface area contributed by atoms with Crippen molar-refractivity contribution >= 4 is 23.2 Å². The number of carbonyl (C=O) groups excluding carboxylic acids is 1. The Morgan fingerprint density at radius 2 is 1.95 bits per heavy atom. The van der Waals surface area contributed by atoms with Gasteiger partial charge < -0.3 is 11.1 Å². The zero-order valence-corrected chi connectivity index (χ0v) is 11.4. The minimum Gasteiger partial charge on any atom is -0.398 e. The lowest BCUT2D eigenvalue weighted by Gasteiger charge is -2.09. The first kappa shape index (κ1) is 13.4. The van der Waals surface area contributed by atoms with Crippen molar-refractivity contribution in [3.05, 3.63) is 64.2 Å². The summed E-state index contributed by atoms with van der Waals surface area (Å²) >= 11 is 6.12. The maximum Gasteiger partial charge on any atom is 0.253 e. The number of carbonyl (C=O) groups is 1. The Bertz CT molecular complexity index is 611. The maximum atomic E-state index is 12.1. The van der Waals surface area contributed by atoms with Crippen LogP contribution >= 0.6 is 11.6 Å². The number of nitrogen functional groups attached to an aromatic ring is 1. The van der Waals surface area contributed by atoms with Crippen LogP contribution in [0.5, 0.6) is 0 Å². The molecule has 1 amide bonds. The van der Waals surface area contributed by atoms with E-state index < -0.39 is 0 Å². The van der Waals surface area contributed by atoms with Crippen LogP contribution in [0.1, 0.15) is 21.5 Å². The average molecular weight is 275 g/mol. The van der Waals surface area contributed by atoms with Crippen molar-refractivity contribution in [1.29, 1.82) is 0 Å². The van der Waals surface area contributed by atoms with Crippen molar-refractivity contribution in [3.63, 3.8) is 0 Å². The molecule has 2 aromatic carbocycles. The van der Waals surface area contributed by atoms with Crippen molar-refractivity contribution in [1.82, 2.24) is 5.32 Å². The molecule has 0 heterocycles. The molecule has 98 valence electrons. The van der Waals surface area contributed by atoms with Gasteiger partial charge in [-0.2, -0.15) is 0 Å². The first-order valence-corrected chi connectivity index (χ1v) is 6.34. The molecule has 0 spiro atoms. The molecule has 2 rings (SSSR count). The van der Waals surface area contributed by atoms with Crippen molar-refractivity contribution in [2.24, 2.45) is 0 Å². The Morgan fingerprint density at radius 1 is 1.21 bits per heavy atom. The zero-order valence-electron chi connectivity index (χ0n) is 10.6. The topological polar surface area (TPSA) is 55.1 Å². The third-order valence-corrected chi connectivity index (χ3v) is 3.43. The standard InChI is InChI=1S/C15H15ClN2O/c1-10-5-4-7-12(14(10)16)15(19)18-9-11-6-2-3-8-13(11)17/h2-8H,9,17H2,1H3,(H,18,19). The van der Waals surface area contributed by atoms with Crippen LogP contribution in [-0.2, 0) is 6.54 Å². The lowest BCUT2D eigenvalue weighted by atomic mass is 10.1. The van der Waals surface area contributed by atoms with Gasteiger partial charge in [-0.25, -0.2) is 0 Å². The van der Waals surface area contributed by atoms with Crippen LogP contribution in [0.2, 0.25) is 5.02 Å². The molecule has 4 heteroatoms. The third kappa shape index (κ3) is 3.06. The summed E-state index contributed by atoms with van der Waals surface area (Å²) in [5.41, 5.74) is 8.74. The quantitative estimate of drug-likeness (QED) is 0.845. The summed E-state index contributed by atoms with van der Waals surface area (Å²) in [5.74, 6) is -0.197. The molecule has 0 bridgehead atoms. The lowest BCUT2D eigenvalue weighted by Crippen LogP contribution is -2.23. The number of halogens is 1. The molecular weight excluding hydrogens is 260 g/mol. The number of nitrogens with one attached hydrogen (secondary N) is 1. The number of rotatable bonds is 3. The van der Waals surface area contributed by atoms with Crippen molar-refractivity contribution in [2.75, 3.05) is 5.73 Å². The van der Waals surface area contributed by atoms with Gasteiger partial charge in [-0.05, 0) is 30.2 Å². The molecule has 0 atom stereocenters. The fraction of sp³-hybridized carbons (Fsp3) is 0.133. The molecule has 3 nitrogen and oxygen atoms in total. The Hall–Kier alpha value is -2.00. The predicted molar refractivity (Wildman–Crippen MR) is 78.2 cm³/mol. The second-order valence-electron chi connectivity index (χ2n) is 4.32. The normalized spacial score (nSPS) is 10.2. The largest absolute Gasteiger partial charge is 0.398 e. The average Bonchev–Trinajstić information content (AvgIpc) is 2.40. The number of nitrogens with two attached hydrogens (primary N) is 1. The summed E-state index contributed by atoms with van der Waals surface area (Å²) in [6.07, 6.45) is 0. The fourth-order valence-corrected chi connectivity index (χ4v) is 2.00. The van der Waals surface area contributed by atoms with Crippen molar-refractivity contribution in [3.8, 4) is 0 Å². The molecule has 19 heavy (non-hydrogen) atoms. The molecule has 0 fully saturated rings. The molecule has 0 aliphatic carbocycles. The minimum absolute atomic E-state index is 0.197. The minimum atomic E-state index is -0.197. The van der Waals surface area contributed by atoms with Crippen LogP contribution in [0.4, 0.5) is 5.69 Å². The lowest BCUT2D eigenvalue weighted by molar-refractivity contribution is 0.0951. The number of amides is 1. The van der Waals surface area contributed by atoms with Crippen LogP contribution in [0.25, 0.3) is 0 Å². The number of para-hydroxylation sites is 1. The summed E-state index contributed by atoms with van der Waals surface area (Å²) in [7, 11) is 0. The summed E-state index contributed by atoms with van der Waals surface area (Å²) in [4.78, 5) is 12.1. The number of aryl methyl sites for hydroxylation is 1. The van der Waals surface area contributed by atoms with E-state index in [9.17, 15) is 4.79 Å².